The van der Waals surface area contributed by atoms with E-state index in [2.05, 4.69) is 14.6 Å². The van der Waals surface area contributed by atoms with Crippen molar-refractivity contribution in [3.05, 3.63) is 102 Å². The van der Waals surface area contributed by atoms with Gasteiger partial charge in [0.2, 0.25) is 0 Å². The Morgan fingerprint density at radius 2 is 1.69 bits per heavy atom. The van der Waals surface area contributed by atoms with Crippen LogP contribution in [0.3, 0.4) is 0 Å². The molecule has 202 valence electrons. The summed E-state index contributed by atoms with van der Waals surface area (Å²) >= 11 is 0. The first-order valence-electron chi connectivity index (χ1n) is 12.9. The van der Waals surface area contributed by atoms with Gasteiger partial charge in [0.25, 0.3) is 15.9 Å². The van der Waals surface area contributed by atoms with Gasteiger partial charge in [-0.25, -0.2) is 12.8 Å². The van der Waals surface area contributed by atoms with Gasteiger partial charge >= 0.3 is 0 Å². The van der Waals surface area contributed by atoms with Crippen molar-refractivity contribution in [2.45, 2.75) is 44.3 Å². The van der Waals surface area contributed by atoms with Crippen LogP contribution in [-0.4, -0.2) is 54.3 Å². The van der Waals surface area contributed by atoms with Gasteiger partial charge in [-0.2, -0.15) is 0 Å². The molecule has 2 atom stereocenters. The Morgan fingerprint density at radius 3 is 2.38 bits per heavy atom. The summed E-state index contributed by atoms with van der Waals surface area (Å²) in [5.41, 5.74) is 2.78. The fraction of sp³-hybridized carbons (Fsp3) is 0.267. The van der Waals surface area contributed by atoms with E-state index in [0.29, 0.717) is 42.0 Å². The Labute approximate surface area is 228 Å². The van der Waals surface area contributed by atoms with Crippen molar-refractivity contribution in [1.82, 2.24) is 14.8 Å². The molecule has 2 unspecified atom stereocenters. The molecule has 0 spiro atoms. The lowest BCUT2D eigenvalue weighted by molar-refractivity contribution is 0.0268. The van der Waals surface area contributed by atoms with E-state index in [1.807, 2.05) is 36.9 Å². The second kappa shape index (κ2) is 10.7. The second-order valence-electron chi connectivity index (χ2n) is 10.2. The number of rotatable bonds is 6. The number of para-hydroxylation sites is 1. The molecule has 1 aliphatic rings. The van der Waals surface area contributed by atoms with E-state index in [1.54, 1.807) is 61.7 Å². The summed E-state index contributed by atoms with van der Waals surface area (Å²) in [5.74, 6) is -0.314. The number of hydrogen-bond acceptors (Lipinski definition) is 5. The molecule has 39 heavy (non-hydrogen) atoms. The lowest BCUT2D eigenvalue weighted by Crippen LogP contribution is -2.58. The first-order valence-corrected chi connectivity index (χ1v) is 14.4. The van der Waals surface area contributed by atoms with Gasteiger partial charge in [-0.15, -0.1) is 0 Å². The Hall–Kier alpha value is -3.82. The summed E-state index contributed by atoms with van der Waals surface area (Å²) in [5, 5.41) is 0.732. The molecule has 1 aliphatic heterocycles. The van der Waals surface area contributed by atoms with Crippen molar-refractivity contribution in [1.29, 1.82) is 0 Å². The molecule has 2 heterocycles. The summed E-state index contributed by atoms with van der Waals surface area (Å²) in [7, 11) is -3.89. The molecule has 7 nitrogen and oxygen atoms in total. The smallest absolute Gasteiger partial charge is 0.264 e. The van der Waals surface area contributed by atoms with Crippen molar-refractivity contribution in [2.24, 2.45) is 0 Å². The molecule has 1 aromatic heterocycles. The standard InChI is InChI=1S/C30H31FN4O3S/c1-20-9-10-23(16-27(20)31)19-34-17-21(2)35(22(3)18-34)30(36)25-11-13-26(14-12-25)33-39(37,38)28-8-4-6-24-7-5-15-32-29(24)28/h4-16,21-22,33H,17-19H2,1-3H3. The first kappa shape index (κ1) is 26.8. The molecule has 4 aromatic rings. The predicted octanol–water partition coefficient (Wildman–Crippen LogP) is 5.22. The predicted molar refractivity (Wildman–Crippen MR) is 151 cm³/mol. The summed E-state index contributed by atoms with van der Waals surface area (Å²) in [6, 6.07) is 20.3. The zero-order valence-electron chi connectivity index (χ0n) is 22.1. The Balaban J connectivity index is 1.27. The third-order valence-corrected chi connectivity index (χ3v) is 8.55. The van der Waals surface area contributed by atoms with E-state index >= 15 is 0 Å². The number of sulfonamides is 1. The Kier molecular flexibility index (Phi) is 7.38. The van der Waals surface area contributed by atoms with Crippen molar-refractivity contribution in [3.8, 4) is 0 Å². The average Bonchev–Trinajstić information content (AvgIpc) is 2.90. The zero-order valence-corrected chi connectivity index (χ0v) is 23.0. The minimum atomic E-state index is -3.89. The van der Waals surface area contributed by atoms with Crippen LogP contribution in [0.5, 0.6) is 0 Å². The number of piperazine rings is 1. The maximum Gasteiger partial charge on any atom is 0.264 e. The highest BCUT2D eigenvalue weighted by molar-refractivity contribution is 7.93. The topological polar surface area (TPSA) is 82.6 Å². The van der Waals surface area contributed by atoms with E-state index in [0.717, 1.165) is 10.9 Å². The number of anilines is 1. The van der Waals surface area contributed by atoms with Gasteiger partial charge in [-0.3, -0.25) is 19.4 Å². The van der Waals surface area contributed by atoms with Crippen molar-refractivity contribution in [2.75, 3.05) is 17.8 Å². The molecule has 1 saturated heterocycles. The highest BCUT2D eigenvalue weighted by atomic mass is 32.2. The summed E-state index contributed by atoms with van der Waals surface area (Å²) in [4.78, 5) is 21.9. The van der Waals surface area contributed by atoms with E-state index in [-0.39, 0.29) is 28.7 Å². The van der Waals surface area contributed by atoms with Crippen molar-refractivity contribution in [3.63, 3.8) is 0 Å². The van der Waals surface area contributed by atoms with Crippen LogP contribution in [0, 0.1) is 12.7 Å². The van der Waals surface area contributed by atoms with E-state index in [9.17, 15) is 17.6 Å². The second-order valence-corrected chi connectivity index (χ2v) is 11.9. The maximum atomic E-state index is 14.0. The molecule has 1 N–H and O–H groups in total. The highest BCUT2D eigenvalue weighted by Gasteiger charge is 2.33. The Morgan fingerprint density at radius 1 is 1.00 bits per heavy atom. The van der Waals surface area contributed by atoms with Crippen LogP contribution < -0.4 is 4.72 Å². The van der Waals surface area contributed by atoms with E-state index in [1.165, 1.54) is 6.07 Å². The normalized spacial score (nSPS) is 18.3. The first-order chi connectivity index (χ1) is 18.6. The summed E-state index contributed by atoms with van der Waals surface area (Å²) in [6.07, 6.45) is 1.56. The maximum absolute atomic E-state index is 14.0. The Bertz CT molecular complexity index is 1610. The number of fused-ring (bicyclic) bond motifs is 1. The van der Waals surface area contributed by atoms with E-state index < -0.39 is 10.0 Å². The number of hydrogen-bond donors (Lipinski definition) is 1. The molecule has 0 radical (unpaired) electrons. The highest BCUT2D eigenvalue weighted by Crippen LogP contribution is 2.25. The quantitative estimate of drug-likeness (QED) is 0.359. The van der Waals surface area contributed by atoms with Gasteiger partial charge in [0.1, 0.15) is 10.7 Å². The van der Waals surface area contributed by atoms with Crippen LogP contribution in [0.2, 0.25) is 0 Å². The van der Waals surface area contributed by atoms with Crippen LogP contribution in [0.15, 0.2) is 83.9 Å². The van der Waals surface area contributed by atoms with Gasteiger partial charge in [0.05, 0.1) is 5.52 Å². The molecule has 9 heteroatoms. The van der Waals surface area contributed by atoms with Crippen LogP contribution in [-0.2, 0) is 16.6 Å². The zero-order chi connectivity index (χ0) is 27.7. The number of carbonyl (C=O) groups is 1. The molecule has 0 saturated carbocycles. The molecule has 1 amide bonds. The number of benzene rings is 3. The number of nitrogens with zero attached hydrogens (tertiary/aromatic N) is 3. The average molecular weight is 547 g/mol. The summed E-state index contributed by atoms with van der Waals surface area (Å²) in [6.45, 7) is 7.73. The lowest BCUT2D eigenvalue weighted by atomic mass is 10.0. The molecule has 0 bridgehead atoms. The third-order valence-electron chi connectivity index (χ3n) is 7.14. The third kappa shape index (κ3) is 5.65. The summed E-state index contributed by atoms with van der Waals surface area (Å²) < 4.78 is 42.8. The van der Waals surface area contributed by atoms with Crippen LogP contribution in [0.1, 0.15) is 35.3 Å². The van der Waals surface area contributed by atoms with E-state index in [4.69, 9.17) is 0 Å². The largest absolute Gasteiger partial charge is 0.331 e. The van der Waals surface area contributed by atoms with Crippen LogP contribution in [0.25, 0.3) is 10.9 Å². The minimum Gasteiger partial charge on any atom is -0.331 e. The van der Waals surface area contributed by atoms with Crippen LogP contribution >= 0.6 is 0 Å². The van der Waals surface area contributed by atoms with Gasteiger partial charge in [-0.05, 0) is 74.4 Å². The van der Waals surface area contributed by atoms with Gasteiger partial charge in [-0.1, -0.05) is 30.3 Å². The SMILES string of the molecule is Cc1ccc(CN2CC(C)N(C(=O)c3ccc(NS(=O)(=O)c4cccc5cccnc45)cc3)C(C)C2)cc1F. The molecule has 3 aromatic carbocycles. The lowest BCUT2D eigenvalue weighted by Gasteiger charge is -2.44. The van der Waals surface area contributed by atoms with Crippen molar-refractivity contribution >= 4 is 32.5 Å². The molecule has 0 aliphatic carbocycles. The number of carbonyl (C=O) groups excluding carboxylic acids is 1. The molecular weight excluding hydrogens is 515 g/mol. The number of nitrogens with one attached hydrogen (secondary N) is 1. The molecule has 1 fully saturated rings. The van der Waals surface area contributed by atoms with Gasteiger partial charge in [0.15, 0.2) is 0 Å². The van der Waals surface area contributed by atoms with Gasteiger partial charge in [0, 0.05) is 54.6 Å². The minimum absolute atomic E-state index is 0.0476. The number of aryl methyl sites for hydroxylation is 1. The fourth-order valence-electron chi connectivity index (χ4n) is 5.29. The fourth-order valence-corrected chi connectivity index (χ4v) is 6.53. The molecule has 5 rings (SSSR count). The number of pyridine rings is 1. The van der Waals surface area contributed by atoms with Crippen molar-refractivity contribution < 1.29 is 17.6 Å². The number of amides is 1. The monoisotopic (exact) mass is 546 g/mol. The number of halogens is 1. The van der Waals surface area contributed by atoms with Gasteiger partial charge < -0.3 is 4.90 Å². The molecular formula is C30H31FN4O3S. The number of aromatic nitrogens is 1. The van der Waals surface area contributed by atoms with Crippen LogP contribution in [0.4, 0.5) is 10.1 Å².